The van der Waals surface area contributed by atoms with E-state index in [1.807, 2.05) is 30.3 Å². The molecule has 0 radical (unpaired) electrons. The van der Waals surface area contributed by atoms with Crippen LogP contribution in [-0.4, -0.2) is 65.1 Å². The van der Waals surface area contributed by atoms with Gasteiger partial charge in [-0.3, -0.25) is 24.6 Å². The molecule has 0 saturated heterocycles. The minimum absolute atomic E-state index is 0.161. The Bertz CT molecular complexity index is 1070. The second-order valence-electron chi connectivity index (χ2n) is 8.19. The van der Waals surface area contributed by atoms with Gasteiger partial charge in [-0.25, -0.2) is 4.79 Å². The summed E-state index contributed by atoms with van der Waals surface area (Å²) in [7, 11) is 0. The third-order valence-electron chi connectivity index (χ3n) is 5.52. The molecule has 2 amide bonds. The highest BCUT2D eigenvalue weighted by atomic mass is 32.2. The first kappa shape index (κ1) is 27.0. The van der Waals surface area contributed by atoms with Crippen LogP contribution in [0.2, 0.25) is 0 Å². The molecule has 1 heterocycles. The van der Waals surface area contributed by atoms with Gasteiger partial charge in [-0.1, -0.05) is 42.5 Å². The van der Waals surface area contributed by atoms with Crippen molar-refractivity contribution in [3.05, 3.63) is 60.2 Å². The number of nitrogens with one attached hydrogen (secondary N) is 2. The fourth-order valence-electron chi connectivity index (χ4n) is 3.73. The number of rotatable bonds is 12. The van der Waals surface area contributed by atoms with Crippen molar-refractivity contribution >= 4 is 41.4 Å². The van der Waals surface area contributed by atoms with Gasteiger partial charge in [0.15, 0.2) is 0 Å². The maximum atomic E-state index is 13.1. The third-order valence-corrected chi connectivity index (χ3v) is 6.68. The Labute approximate surface area is 213 Å². The number of unbranched alkanes of at least 4 members (excludes halogenated alkanes) is 1. The van der Waals surface area contributed by atoms with Gasteiger partial charge in [0.25, 0.3) is 0 Å². The molecule has 0 spiro atoms. The van der Waals surface area contributed by atoms with Crippen LogP contribution >= 0.6 is 11.8 Å². The van der Waals surface area contributed by atoms with Crippen LogP contribution in [0.4, 0.5) is 10.5 Å². The first-order valence-electron chi connectivity index (χ1n) is 11.5. The van der Waals surface area contributed by atoms with Gasteiger partial charge in [-0.05, 0) is 37.0 Å². The Morgan fingerprint density at radius 2 is 1.78 bits per heavy atom. The largest absolute Gasteiger partial charge is 0.480 e. The first-order chi connectivity index (χ1) is 17.3. The molecular formula is C25H29N3O7S. The molecule has 36 heavy (non-hydrogen) atoms. The Kier molecular flexibility index (Phi) is 10.1. The van der Waals surface area contributed by atoms with Gasteiger partial charge in [0.2, 0.25) is 5.91 Å². The average Bonchev–Trinajstić information content (AvgIpc) is 2.99. The topological polar surface area (TPSA) is 145 Å². The van der Waals surface area contributed by atoms with E-state index in [1.165, 1.54) is 16.7 Å². The summed E-state index contributed by atoms with van der Waals surface area (Å²) in [6, 6.07) is 14.4. The average molecular weight is 516 g/mol. The highest BCUT2D eigenvalue weighted by Gasteiger charge is 2.34. The number of benzene rings is 2. The SMILES string of the molecule is O=C(O)CN1C(=O)C(N[C@H](CCCCNC(=O)OCc2ccccc2)C(=O)O)CSc2ccccc21. The Balaban J connectivity index is 1.48. The molecule has 2 aromatic rings. The van der Waals surface area contributed by atoms with E-state index in [4.69, 9.17) is 4.74 Å². The Morgan fingerprint density at radius 1 is 1.06 bits per heavy atom. The number of aliphatic carboxylic acids is 2. The minimum atomic E-state index is -1.16. The molecule has 1 aliphatic heterocycles. The Morgan fingerprint density at radius 3 is 2.50 bits per heavy atom. The zero-order valence-corrected chi connectivity index (χ0v) is 20.4. The van der Waals surface area contributed by atoms with Crippen molar-refractivity contribution in [2.45, 2.75) is 42.8 Å². The van der Waals surface area contributed by atoms with Crippen LogP contribution in [0.1, 0.15) is 24.8 Å². The monoisotopic (exact) mass is 515 g/mol. The van der Waals surface area contributed by atoms with Crippen LogP contribution in [0.5, 0.6) is 0 Å². The number of hydrogen-bond acceptors (Lipinski definition) is 7. The maximum absolute atomic E-state index is 13.1. The summed E-state index contributed by atoms with van der Waals surface area (Å²) in [4.78, 5) is 50.2. The molecule has 1 aliphatic rings. The highest BCUT2D eigenvalue weighted by Crippen LogP contribution is 2.34. The predicted molar refractivity (Wildman–Crippen MR) is 134 cm³/mol. The molecule has 0 aliphatic carbocycles. The van der Waals surface area contributed by atoms with Crippen LogP contribution in [0.15, 0.2) is 59.5 Å². The lowest BCUT2D eigenvalue weighted by Crippen LogP contribution is -2.53. The molecule has 1 unspecified atom stereocenters. The number of carbonyl (C=O) groups is 4. The number of hydrogen-bond donors (Lipinski definition) is 4. The van der Waals surface area contributed by atoms with E-state index in [2.05, 4.69) is 10.6 Å². The van der Waals surface area contributed by atoms with Crippen molar-refractivity contribution in [1.29, 1.82) is 0 Å². The lowest BCUT2D eigenvalue weighted by Gasteiger charge is -2.26. The quantitative estimate of drug-likeness (QED) is 0.314. The molecule has 2 aromatic carbocycles. The van der Waals surface area contributed by atoms with Crippen molar-refractivity contribution < 1.29 is 34.1 Å². The number of amides is 2. The minimum Gasteiger partial charge on any atom is -0.480 e. The predicted octanol–water partition coefficient (Wildman–Crippen LogP) is 2.72. The first-order valence-corrected chi connectivity index (χ1v) is 12.5. The molecule has 10 nitrogen and oxygen atoms in total. The maximum Gasteiger partial charge on any atom is 0.407 e. The van der Waals surface area contributed by atoms with Crippen LogP contribution in [0.25, 0.3) is 0 Å². The Hall–Kier alpha value is -3.57. The number of thioether (sulfide) groups is 1. The summed E-state index contributed by atoms with van der Waals surface area (Å²) in [6.45, 7) is -0.0356. The number of alkyl carbamates (subject to hydrolysis) is 1. The van der Waals surface area contributed by atoms with Crippen molar-refractivity contribution in [3.8, 4) is 0 Å². The standard InChI is InChI=1S/C25H29N3O7S/c29-22(30)14-28-20-11-4-5-12-21(20)36-16-19(23(28)31)27-18(24(32)33)10-6-7-13-26-25(34)35-15-17-8-2-1-3-9-17/h1-5,8-9,11-12,18-19,27H,6-7,10,13-16H2,(H,26,34)(H,29,30)(H,32,33)/t18-,19?/m1/s1. The number of carboxylic acid groups (broad SMARTS) is 2. The molecule has 3 rings (SSSR count). The van der Waals surface area contributed by atoms with E-state index < -0.39 is 42.6 Å². The van der Waals surface area contributed by atoms with Gasteiger partial charge in [0, 0.05) is 17.2 Å². The molecule has 2 atom stereocenters. The summed E-state index contributed by atoms with van der Waals surface area (Å²) in [5.74, 6) is -2.48. The lowest BCUT2D eigenvalue weighted by molar-refractivity contribution is -0.140. The van der Waals surface area contributed by atoms with Crippen LogP contribution in [-0.2, 0) is 25.7 Å². The second kappa shape index (κ2) is 13.5. The number of carboxylic acids is 2. The van der Waals surface area contributed by atoms with E-state index in [1.54, 1.807) is 24.3 Å². The third kappa shape index (κ3) is 7.99. The van der Waals surface area contributed by atoms with Crippen LogP contribution < -0.4 is 15.5 Å². The fraction of sp³-hybridized carbons (Fsp3) is 0.360. The fourth-order valence-corrected chi connectivity index (χ4v) is 4.82. The van der Waals surface area contributed by atoms with Crippen molar-refractivity contribution in [3.63, 3.8) is 0 Å². The van der Waals surface area contributed by atoms with Gasteiger partial charge in [-0.2, -0.15) is 0 Å². The summed E-state index contributed by atoms with van der Waals surface area (Å²) in [6.07, 6.45) is 0.688. The molecule has 4 N–H and O–H groups in total. The molecule has 0 bridgehead atoms. The highest BCUT2D eigenvalue weighted by molar-refractivity contribution is 7.99. The van der Waals surface area contributed by atoms with Gasteiger partial charge < -0.3 is 20.3 Å². The summed E-state index contributed by atoms with van der Waals surface area (Å²) >= 11 is 1.37. The van der Waals surface area contributed by atoms with E-state index in [0.29, 0.717) is 25.1 Å². The molecule has 11 heteroatoms. The molecule has 192 valence electrons. The number of carbonyl (C=O) groups excluding carboxylic acids is 2. The molecule has 0 saturated carbocycles. The van der Waals surface area contributed by atoms with Gasteiger partial charge in [-0.15, -0.1) is 11.8 Å². The van der Waals surface area contributed by atoms with E-state index in [9.17, 15) is 29.4 Å². The number of fused-ring (bicyclic) bond motifs is 1. The summed E-state index contributed by atoms with van der Waals surface area (Å²) in [5, 5.41) is 24.5. The van der Waals surface area contributed by atoms with Crippen LogP contribution in [0.3, 0.4) is 0 Å². The number of para-hydroxylation sites is 1. The van der Waals surface area contributed by atoms with Gasteiger partial charge >= 0.3 is 18.0 Å². The van der Waals surface area contributed by atoms with Crippen molar-refractivity contribution in [2.75, 3.05) is 23.7 Å². The summed E-state index contributed by atoms with van der Waals surface area (Å²) < 4.78 is 5.14. The van der Waals surface area contributed by atoms with Crippen molar-refractivity contribution in [2.24, 2.45) is 0 Å². The zero-order chi connectivity index (χ0) is 25.9. The lowest BCUT2D eigenvalue weighted by atomic mass is 10.1. The molecule has 0 aromatic heterocycles. The van der Waals surface area contributed by atoms with E-state index in [-0.39, 0.29) is 18.8 Å². The van der Waals surface area contributed by atoms with Crippen LogP contribution in [0, 0.1) is 0 Å². The molecule has 0 fully saturated rings. The van der Waals surface area contributed by atoms with Crippen molar-refractivity contribution in [1.82, 2.24) is 10.6 Å². The molecular weight excluding hydrogens is 486 g/mol. The number of anilines is 1. The second-order valence-corrected chi connectivity index (χ2v) is 9.25. The van der Waals surface area contributed by atoms with E-state index in [0.717, 1.165) is 10.5 Å². The van der Waals surface area contributed by atoms with Gasteiger partial charge in [0.1, 0.15) is 19.2 Å². The zero-order valence-electron chi connectivity index (χ0n) is 19.6. The number of nitrogens with zero attached hydrogens (tertiary/aromatic N) is 1. The van der Waals surface area contributed by atoms with E-state index >= 15 is 0 Å². The normalized spacial score (nSPS) is 15.9. The summed E-state index contributed by atoms with van der Waals surface area (Å²) in [5.41, 5.74) is 1.37. The number of ether oxygens (including phenoxy) is 1. The van der Waals surface area contributed by atoms with Gasteiger partial charge in [0.05, 0.1) is 11.7 Å². The smallest absolute Gasteiger partial charge is 0.407 e.